The Kier molecular flexibility index (Phi) is 5.69. The Morgan fingerprint density at radius 2 is 2.07 bits per heavy atom. The standard InChI is InChI=1S/C21H21Cl2N3O2S/c1-12-16-19(24-15-9-4-3-5-10-26(15)20(16)27)29-18(12)21(28)25(2)11-13-7-6-8-14(22)17(13)23/h6-8H,3-5,9-11H2,1-2H3. The van der Waals surface area contributed by atoms with E-state index in [0.29, 0.717) is 43.8 Å². The third kappa shape index (κ3) is 3.69. The number of benzene rings is 1. The molecule has 5 nitrogen and oxygen atoms in total. The highest BCUT2D eigenvalue weighted by Crippen LogP contribution is 2.31. The van der Waals surface area contributed by atoms with Crippen LogP contribution in [0.3, 0.4) is 0 Å². The first-order valence-corrected chi connectivity index (χ1v) is 11.2. The van der Waals surface area contributed by atoms with Gasteiger partial charge in [-0.1, -0.05) is 41.8 Å². The monoisotopic (exact) mass is 449 g/mol. The molecule has 2 aromatic heterocycles. The van der Waals surface area contributed by atoms with E-state index in [1.807, 2.05) is 19.1 Å². The minimum atomic E-state index is -0.152. The fraction of sp³-hybridized carbons (Fsp3) is 0.381. The van der Waals surface area contributed by atoms with Gasteiger partial charge in [0, 0.05) is 26.6 Å². The number of aryl methyl sites for hydroxylation is 2. The van der Waals surface area contributed by atoms with E-state index in [1.54, 1.807) is 22.6 Å². The lowest BCUT2D eigenvalue weighted by molar-refractivity contribution is 0.0789. The molecule has 29 heavy (non-hydrogen) atoms. The zero-order valence-electron chi connectivity index (χ0n) is 16.3. The van der Waals surface area contributed by atoms with Crippen LogP contribution in [0.4, 0.5) is 0 Å². The van der Waals surface area contributed by atoms with Crippen LogP contribution in [0.1, 0.15) is 45.9 Å². The molecular formula is C21H21Cl2N3O2S. The van der Waals surface area contributed by atoms with Crippen LogP contribution in [0.5, 0.6) is 0 Å². The first-order chi connectivity index (χ1) is 13.9. The van der Waals surface area contributed by atoms with Crippen molar-refractivity contribution in [1.82, 2.24) is 14.5 Å². The summed E-state index contributed by atoms with van der Waals surface area (Å²) in [6.45, 7) is 2.86. The van der Waals surface area contributed by atoms with Crippen molar-refractivity contribution in [2.75, 3.05) is 7.05 Å². The number of fused-ring (bicyclic) bond motifs is 2. The molecule has 0 fully saturated rings. The molecule has 152 valence electrons. The summed E-state index contributed by atoms with van der Waals surface area (Å²) in [6, 6.07) is 5.37. The molecule has 1 amide bonds. The Bertz CT molecular complexity index is 1170. The molecule has 1 aliphatic rings. The van der Waals surface area contributed by atoms with Gasteiger partial charge in [0.15, 0.2) is 0 Å². The number of halogens is 2. The van der Waals surface area contributed by atoms with Crippen LogP contribution >= 0.6 is 34.5 Å². The second kappa shape index (κ2) is 8.09. The molecule has 0 unspecified atom stereocenters. The Balaban J connectivity index is 1.71. The first-order valence-electron chi connectivity index (χ1n) is 9.59. The van der Waals surface area contributed by atoms with E-state index < -0.39 is 0 Å². The number of rotatable bonds is 3. The Morgan fingerprint density at radius 3 is 2.86 bits per heavy atom. The van der Waals surface area contributed by atoms with Crippen molar-refractivity contribution in [3.05, 3.63) is 60.4 Å². The molecule has 0 saturated heterocycles. The zero-order chi connectivity index (χ0) is 20.7. The van der Waals surface area contributed by atoms with Gasteiger partial charge in [-0.2, -0.15) is 0 Å². The predicted molar refractivity (Wildman–Crippen MR) is 118 cm³/mol. The molecule has 3 heterocycles. The number of carbonyl (C=O) groups excluding carboxylic acids is 1. The largest absolute Gasteiger partial charge is 0.337 e. The van der Waals surface area contributed by atoms with Crippen LogP contribution in [-0.4, -0.2) is 27.4 Å². The molecule has 0 radical (unpaired) electrons. The third-order valence-corrected chi connectivity index (χ3v) is 7.42. The Morgan fingerprint density at radius 1 is 1.28 bits per heavy atom. The minimum Gasteiger partial charge on any atom is -0.337 e. The maximum Gasteiger partial charge on any atom is 0.264 e. The highest BCUT2D eigenvalue weighted by Gasteiger charge is 2.24. The number of thiophene rings is 1. The van der Waals surface area contributed by atoms with Crippen molar-refractivity contribution in [2.24, 2.45) is 0 Å². The molecule has 0 saturated carbocycles. The van der Waals surface area contributed by atoms with Gasteiger partial charge in [-0.05, 0) is 37.0 Å². The van der Waals surface area contributed by atoms with Crippen molar-refractivity contribution < 1.29 is 4.79 Å². The van der Waals surface area contributed by atoms with Crippen molar-refractivity contribution in [1.29, 1.82) is 0 Å². The molecular weight excluding hydrogens is 429 g/mol. The number of aromatic nitrogens is 2. The van der Waals surface area contributed by atoms with E-state index in [0.717, 1.165) is 37.1 Å². The van der Waals surface area contributed by atoms with E-state index in [1.165, 1.54) is 11.3 Å². The number of hydrogen-bond donors (Lipinski definition) is 0. The number of amides is 1. The van der Waals surface area contributed by atoms with Crippen molar-refractivity contribution >= 4 is 50.7 Å². The van der Waals surface area contributed by atoms with Crippen LogP contribution in [0.15, 0.2) is 23.0 Å². The van der Waals surface area contributed by atoms with E-state index in [4.69, 9.17) is 28.2 Å². The summed E-state index contributed by atoms with van der Waals surface area (Å²) in [5, 5.41) is 1.48. The average Bonchev–Trinajstić information content (AvgIpc) is 2.87. The number of carbonyl (C=O) groups is 1. The van der Waals surface area contributed by atoms with Gasteiger partial charge in [0.05, 0.1) is 20.3 Å². The van der Waals surface area contributed by atoms with Crippen molar-refractivity contribution in [3.8, 4) is 0 Å². The summed E-state index contributed by atoms with van der Waals surface area (Å²) in [6.07, 6.45) is 3.93. The van der Waals surface area contributed by atoms with Crippen LogP contribution in [0, 0.1) is 6.92 Å². The average molecular weight is 450 g/mol. The summed E-state index contributed by atoms with van der Waals surface area (Å²) in [5.74, 6) is 0.681. The molecule has 8 heteroatoms. The quantitative estimate of drug-likeness (QED) is 0.560. The Hall–Kier alpha value is -1.89. The molecule has 0 aliphatic carbocycles. The van der Waals surface area contributed by atoms with Gasteiger partial charge in [0.25, 0.3) is 11.5 Å². The fourth-order valence-electron chi connectivity index (χ4n) is 3.79. The molecule has 0 atom stereocenters. The van der Waals surface area contributed by atoms with Crippen LogP contribution in [-0.2, 0) is 19.5 Å². The van der Waals surface area contributed by atoms with Crippen LogP contribution < -0.4 is 5.56 Å². The molecule has 1 aliphatic heterocycles. The number of hydrogen-bond acceptors (Lipinski definition) is 4. The molecule has 0 N–H and O–H groups in total. The lowest BCUT2D eigenvalue weighted by Gasteiger charge is -2.18. The topological polar surface area (TPSA) is 55.2 Å². The smallest absolute Gasteiger partial charge is 0.264 e. The number of nitrogens with zero attached hydrogens (tertiary/aromatic N) is 3. The van der Waals surface area contributed by atoms with Gasteiger partial charge >= 0.3 is 0 Å². The summed E-state index contributed by atoms with van der Waals surface area (Å²) in [5.41, 5.74) is 1.45. The van der Waals surface area contributed by atoms with Gasteiger partial charge in [0.2, 0.25) is 0 Å². The maximum absolute atomic E-state index is 13.1. The predicted octanol–water partition coefficient (Wildman–Crippen LogP) is 5.07. The first kappa shape index (κ1) is 20.4. The van der Waals surface area contributed by atoms with E-state index in [9.17, 15) is 9.59 Å². The maximum atomic E-state index is 13.1. The van der Waals surface area contributed by atoms with Gasteiger partial charge in [-0.15, -0.1) is 11.3 Å². The lowest BCUT2D eigenvalue weighted by atomic mass is 10.1. The van der Waals surface area contributed by atoms with Gasteiger partial charge in [0.1, 0.15) is 10.7 Å². The minimum absolute atomic E-state index is 0.0276. The molecule has 0 bridgehead atoms. The van der Waals surface area contributed by atoms with Gasteiger partial charge in [-0.25, -0.2) is 4.98 Å². The SMILES string of the molecule is Cc1c(C(=O)N(C)Cc2cccc(Cl)c2Cl)sc2nc3n(c(=O)c12)CCCCC3. The highest BCUT2D eigenvalue weighted by atomic mass is 35.5. The molecule has 0 spiro atoms. The summed E-state index contributed by atoms with van der Waals surface area (Å²) < 4.78 is 1.79. The molecule has 3 aromatic rings. The van der Waals surface area contributed by atoms with E-state index >= 15 is 0 Å². The molecule has 1 aromatic carbocycles. The second-order valence-electron chi connectivity index (χ2n) is 7.41. The lowest BCUT2D eigenvalue weighted by Crippen LogP contribution is -2.26. The van der Waals surface area contributed by atoms with Crippen molar-refractivity contribution in [3.63, 3.8) is 0 Å². The van der Waals surface area contributed by atoms with Crippen molar-refractivity contribution in [2.45, 2.75) is 45.7 Å². The summed E-state index contributed by atoms with van der Waals surface area (Å²) >= 11 is 13.7. The van der Waals surface area contributed by atoms with Gasteiger partial charge in [-0.3, -0.25) is 14.2 Å². The van der Waals surface area contributed by atoms with E-state index in [2.05, 4.69) is 0 Å². The van der Waals surface area contributed by atoms with Crippen LogP contribution in [0.25, 0.3) is 10.2 Å². The Labute approximate surface area is 182 Å². The van der Waals surface area contributed by atoms with Gasteiger partial charge < -0.3 is 4.90 Å². The normalized spacial score (nSPS) is 13.9. The third-order valence-electron chi connectivity index (χ3n) is 5.39. The van der Waals surface area contributed by atoms with Crippen LogP contribution in [0.2, 0.25) is 10.0 Å². The zero-order valence-corrected chi connectivity index (χ0v) is 18.6. The fourth-order valence-corrected chi connectivity index (χ4v) is 5.35. The second-order valence-corrected chi connectivity index (χ2v) is 9.19. The summed E-state index contributed by atoms with van der Waals surface area (Å²) in [7, 11) is 1.72. The summed E-state index contributed by atoms with van der Waals surface area (Å²) in [4.78, 5) is 33.8. The molecule has 4 rings (SSSR count). The highest BCUT2D eigenvalue weighted by molar-refractivity contribution is 7.20. The van der Waals surface area contributed by atoms with E-state index in [-0.39, 0.29) is 11.5 Å².